The van der Waals surface area contributed by atoms with Gasteiger partial charge >= 0.3 is 0 Å². The first-order valence-corrected chi connectivity index (χ1v) is 4.51. The van der Waals surface area contributed by atoms with Gasteiger partial charge in [0.05, 0.1) is 0 Å². The third kappa shape index (κ3) is 1.87. The van der Waals surface area contributed by atoms with Gasteiger partial charge in [-0.25, -0.2) is 0 Å². The fraction of sp³-hybridized carbons (Fsp3) is 0.455. The molecule has 0 amide bonds. The third-order valence-electron chi connectivity index (χ3n) is 3.02. The fourth-order valence-electron chi connectivity index (χ4n) is 1.84. The first kappa shape index (κ1) is 10.6. The summed E-state index contributed by atoms with van der Waals surface area (Å²) >= 11 is 0. The highest BCUT2D eigenvalue weighted by molar-refractivity contribution is 5.85. The smallest absolute Gasteiger partial charge is 0.00171 e. The maximum Gasteiger partial charge on any atom is -0.00171 e. The Hall–Kier alpha value is -0.530. The molecule has 0 aliphatic heterocycles. The molecular weight excluding hydrogens is 182 g/mol. The van der Waals surface area contributed by atoms with Crippen LogP contribution in [-0.2, 0) is 0 Å². The van der Waals surface area contributed by atoms with E-state index < -0.39 is 0 Å². The third-order valence-corrected chi connectivity index (χ3v) is 3.02. The van der Waals surface area contributed by atoms with Gasteiger partial charge < -0.3 is 5.73 Å². The largest absolute Gasteiger partial charge is 0.330 e. The number of rotatable bonds is 2. The molecule has 0 saturated heterocycles. The van der Waals surface area contributed by atoms with Crippen LogP contribution in [0.2, 0.25) is 0 Å². The predicted molar refractivity (Wildman–Crippen MR) is 58.2 cm³/mol. The normalized spacial score (nSPS) is 30.8. The van der Waals surface area contributed by atoms with Crippen molar-refractivity contribution in [3.8, 4) is 0 Å². The maximum absolute atomic E-state index is 5.70. The number of hydrogen-bond donors (Lipinski definition) is 1. The summed E-state index contributed by atoms with van der Waals surface area (Å²) in [5.41, 5.74) is 7.54. The molecule has 0 spiro atoms. The summed E-state index contributed by atoms with van der Waals surface area (Å²) in [5.74, 6) is 0.712. The SMILES string of the molecule is CC1(CN)CC1c1ccccc1.Cl. The summed E-state index contributed by atoms with van der Waals surface area (Å²) in [6.07, 6.45) is 1.26. The molecular formula is C11H16ClN. The van der Waals surface area contributed by atoms with E-state index in [0.717, 1.165) is 6.54 Å². The van der Waals surface area contributed by atoms with Crippen molar-refractivity contribution in [3.63, 3.8) is 0 Å². The Morgan fingerprint density at radius 2 is 2.00 bits per heavy atom. The quantitative estimate of drug-likeness (QED) is 0.775. The molecule has 2 unspecified atom stereocenters. The molecule has 2 atom stereocenters. The van der Waals surface area contributed by atoms with Crippen LogP contribution in [0.5, 0.6) is 0 Å². The summed E-state index contributed by atoms with van der Waals surface area (Å²) in [6.45, 7) is 3.08. The van der Waals surface area contributed by atoms with Crippen LogP contribution >= 0.6 is 12.4 Å². The van der Waals surface area contributed by atoms with E-state index in [9.17, 15) is 0 Å². The lowest BCUT2D eigenvalue weighted by molar-refractivity contribution is 0.564. The fourth-order valence-corrected chi connectivity index (χ4v) is 1.84. The van der Waals surface area contributed by atoms with Gasteiger partial charge in [0.25, 0.3) is 0 Å². The van der Waals surface area contributed by atoms with Crippen molar-refractivity contribution in [2.75, 3.05) is 6.54 Å². The van der Waals surface area contributed by atoms with E-state index in [-0.39, 0.29) is 12.4 Å². The highest BCUT2D eigenvalue weighted by Crippen LogP contribution is 2.58. The molecule has 1 aliphatic rings. The van der Waals surface area contributed by atoms with Crippen LogP contribution in [0.3, 0.4) is 0 Å². The van der Waals surface area contributed by atoms with Crippen LogP contribution < -0.4 is 5.73 Å². The second-order valence-corrected chi connectivity index (χ2v) is 4.03. The van der Waals surface area contributed by atoms with Crippen LogP contribution in [0.15, 0.2) is 30.3 Å². The minimum atomic E-state index is 0. The van der Waals surface area contributed by atoms with Gasteiger partial charge in [0.1, 0.15) is 0 Å². The minimum Gasteiger partial charge on any atom is -0.330 e. The second-order valence-electron chi connectivity index (χ2n) is 4.03. The Morgan fingerprint density at radius 1 is 1.38 bits per heavy atom. The highest BCUT2D eigenvalue weighted by atomic mass is 35.5. The zero-order valence-corrected chi connectivity index (χ0v) is 8.68. The van der Waals surface area contributed by atoms with Crippen LogP contribution in [-0.4, -0.2) is 6.54 Å². The van der Waals surface area contributed by atoms with Gasteiger partial charge in [-0.3, -0.25) is 0 Å². The molecule has 2 rings (SSSR count). The van der Waals surface area contributed by atoms with Crippen molar-refractivity contribution in [3.05, 3.63) is 35.9 Å². The van der Waals surface area contributed by atoms with E-state index in [1.165, 1.54) is 12.0 Å². The topological polar surface area (TPSA) is 26.0 Å². The monoisotopic (exact) mass is 197 g/mol. The summed E-state index contributed by atoms with van der Waals surface area (Å²) < 4.78 is 0. The number of benzene rings is 1. The second kappa shape index (κ2) is 3.69. The molecule has 0 heterocycles. The average Bonchev–Trinajstić information content (AvgIpc) is 2.81. The van der Waals surface area contributed by atoms with Crippen LogP contribution in [0, 0.1) is 5.41 Å². The van der Waals surface area contributed by atoms with Crippen molar-refractivity contribution in [1.82, 2.24) is 0 Å². The van der Waals surface area contributed by atoms with Gasteiger partial charge in [-0.2, -0.15) is 0 Å². The standard InChI is InChI=1S/C11H15N.ClH/c1-11(8-12)7-10(11)9-5-3-2-4-6-9;/h2-6,10H,7-8,12H2,1H3;1H. The molecule has 1 aromatic rings. The van der Waals surface area contributed by atoms with Gasteiger partial charge in [0.2, 0.25) is 0 Å². The molecule has 2 N–H and O–H groups in total. The van der Waals surface area contributed by atoms with E-state index >= 15 is 0 Å². The van der Waals surface area contributed by atoms with Crippen LogP contribution in [0.25, 0.3) is 0 Å². The Morgan fingerprint density at radius 3 is 2.46 bits per heavy atom. The van der Waals surface area contributed by atoms with Gasteiger partial charge in [0.15, 0.2) is 0 Å². The summed E-state index contributed by atoms with van der Waals surface area (Å²) in [5, 5.41) is 0. The molecule has 1 fully saturated rings. The molecule has 1 aromatic carbocycles. The highest BCUT2D eigenvalue weighted by Gasteiger charge is 2.49. The van der Waals surface area contributed by atoms with E-state index in [0.29, 0.717) is 11.3 Å². The van der Waals surface area contributed by atoms with Gasteiger partial charge in [0, 0.05) is 0 Å². The van der Waals surface area contributed by atoms with Crippen molar-refractivity contribution in [2.24, 2.45) is 11.1 Å². The average molecular weight is 198 g/mol. The van der Waals surface area contributed by atoms with E-state index in [4.69, 9.17) is 5.73 Å². The Bertz CT molecular complexity index is 273. The Balaban J connectivity index is 0.000000845. The molecule has 72 valence electrons. The van der Waals surface area contributed by atoms with Crippen molar-refractivity contribution >= 4 is 12.4 Å². The zero-order chi connectivity index (χ0) is 8.60. The number of hydrogen-bond acceptors (Lipinski definition) is 1. The molecule has 1 nitrogen and oxygen atoms in total. The lowest BCUT2D eigenvalue weighted by Crippen LogP contribution is -2.13. The van der Waals surface area contributed by atoms with Crippen molar-refractivity contribution in [1.29, 1.82) is 0 Å². The molecule has 0 aromatic heterocycles. The van der Waals surface area contributed by atoms with Crippen molar-refractivity contribution < 1.29 is 0 Å². The lowest BCUT2D eigenvalue weighted by atomic mass is 10.0. The lowest BCUT2D eigenvalue weighted by Gasteiger charge is -2.06. The zero-order valence-electron chi connectivity index (χ0n) is 7.86. The molecule has 2 heteroatoms. The van der Waals surface area contributed by atoms with E-state index in [1.807, 2.05) is 0 Å². The van der Waals surface area contributed by atoms with Gasteiger partial charge in [-0.15, -0.1) is 12.4 Å². The molecule has 1 aliphatic carbocycles. The maximum atomic E-state index is 5.70. The van der Waals surface area contributed by atoms with Gasteiger partial charge in [-0.05, 0) is 29.9 Å². The number of halogens is 1. The molecule has 0 radical (unpaired) electrons. The molecule has 1 saturated carbocycles. The van der Waals surface area contributed by atoms with Crippen molar-refractivity contribution in [2.45, 2.75) is 19.3 Å². The van der Waals surface area contributed by atoms with Crippen LogP contribution in [0.1, 0.15) is 24.8 Å². The summed E-state index contributed by atoms with van der Waals surface area (Å²) in [7, 11) is 0. The summed E-state index contributed by atoms with van der Waals surface area (Å²) in [4.78, 5) is 0. The Labute approximate surface area is 85.7 Å². The molecule has 0 bridgehead atoms. The first-order chi connectivity index (χ1) is 5.76. The van der Waals surface area contributed by atoms with E-state index in [1.54, 1.807) is 0 Å². The predicted octanol–water partition coefficient (Wildman–Crippen LogP) is 2.56. The Kier molecular flexibility index (Phi) is 2.99. The van der Waals surface area contributed by atoms with E-state index in [2.05, 4.69) is 37.3 Å². The van der Waals surface area contributed by atoms with Gasteiger partial charge in [-0.1, -0.05) is 37.3 Å². The first-order valence-electron chi connectivity index (χ1n) is 4.51. The minimum absolute atomic E-state index is 0. The molecule has 13 heavy (non-hydrogen) atoms. The van der Waals surface area contributed by atoms with Crippen LogP contribution in [0.4, 0.5) is 0 Å². The summed E-state index contributed by atoms with van der Waals surface area (Å²) in [6, 6.07) is 10.7. The number of nitrogens with two attached hydrogens (primary N) is 1.